The van der Waals surface area contributed by atoms with Gasteiger partial charge in [-0.3, -0.25) is 0 Å². The van der Waals surface area contributed by atoms with Crippen molar-refractivity contribution < 1.29 is 13.5 Å². The first-order valence-electron chi connectivity index (χ1n) is 5.78. The van der Waals surface area contributed by atoms with Crippen molar-refractivity contribution in [3.8, 4) is 0 Å². The molecule has 0 aromatic heterocycles. The summed E-state index contributed by atoms with van der Waals surface area (Å²) in [4.78, 5) is 0. The largest absolute Gasteiger partial charge is 0.389 e. The summed E-state index contributed by atoms with van der Waals surface area (Å²) < 4.78 is 27.7. The Morgan fingerprint density at radius 1 is 1.19 bits per heavy atom. The molecule has 0 amide bonds. The Morgan fingerprint density at radius 3 is 2.12 bits per heavy atom. The fraction of sp³-hybridized carbons (Fsp3) is 1.00. The summed E-state index contributed by atoms with van der Waals surface area (Å²) in [6, 6.07) is 0. The highest BCUT2D eigenvalue weighted by Crippen LogP contribution is 2.12. The lowest BCUT2D eigenvalue weighted by Crippen LogP contribution is -2.46. The number of aliphatic hydroxyl groups is 1. The highest BCUT2D eigenvalue weighted by atomic mass is 32.2. The first-order valence-corrected chi connectivity index (χ1v) is 7.22. The van der Waals surface area contributed by atoms with Crippen molar-refractivity contribution in [1.29, 1.82) is 0 Å². The molecule has 96 valence electrons. The minimum atomic E-state index is -3.42. The summed E-state index contributed by atoms with van der Waals surface area (Å²) >= 11 is 0. The molecule has 0 aliphatic carbocycles. The van der Waals surface area contributed by atoms with Gasteiger partial charge in [-0.15, -0.1) is 0 Å². The highest BCUT2D eigenvalue weighted by Gasteiger charge is 2.24. The van der Waals surface area contributed by atoms with E-state index in [2.05, 4.69) is 4.72 Å². The van der Waals surface area contributed by atoms with Gasteiger partial charge in [0.1, 0.15) is 0 Å². The van der Waals surface area contributed by atoms with Crippen molar-refractivity contribution in [1.82, 2.24) is 9.03 Å². The lowest BCUT2D eigenvalue weighted by atomic mass is 10.1. The minimum absolute atomic E-state index is 0.0475. The van der Waals surface area contributed by atoms with Crippen molar-refractivity contribution in [2.75, 3.05) is 19.6 Å². The number of nitrogens with zero attached hydrogens (tertiary/aromatic N) is 1. The van der Waals surface area contributed by atoms with Crippen LogP contribution in [0.25, 0.3) is 0 Å². The van der Waals surface area contributed by atoms with Gasteiger partial charge in [-0.05, 0) is 26.7 Å². The summed E-state index contributed by atoms with van der Waals surface area (Å²) in [6.07, 6.45) is 4.03. The van der Waals surface area contributed by atoms with Crippen molar-refractivity contribution in [2.45, 2.75) is 45.1 Å². The Morgan fingerprint density at radius 2 is 1.69 bits per heavy atom. The molecule has 1 fully saturated rings. The molecule has 1 saturated heterocycles. The van der Waals surface area contributed by atoms with Gasteiger partial charge < -0.3 is 5.11 Å². The summed E-state index contributed by atoms with van der Waals surface area (Å²) in [6.45, 7) is 4.38. The molecule has 0 atom stereocenters. The van der Waals surface area contributed by atoms with Gasteiger partial charge in [-0.25, -0.2) is 0 Å². The van der Waals surface area contributed by atoms with E-state index < -0.39 is 15.8 Å². The van der Waals surface area contributed by atoms with Crippen molar-refractivity contribution in [2.24, 2.45) is 0 Å². The Kier molecular flexibility index (Phi) is 4.73. The number of nitrogens with one attached hydrogen (secondary N) is 1. The first kappa shape index (κ1) is 13.9. The van der Waals surface area contributed by atoms with Crippen LogP contribution in [0.1, 0.15) is 39.5 Å². The van der Waals surface area contributed by atoms with Crippen molar-refractivity contribution >= 4 is 10.2 Å². The second-order valence-electron chi connectivity index (χ2n) is 4.95. The minimum Gasteiger partial charge on any atom is -0.389 e. The topological polar surface area (TPSA) is 69.6 Å². The highest BCUT2D eigenvalue weighted by molar-refractivity contribution is 7.87. The molecule has 2 N–H and O–H groups in total. The van der Waals surface area contributed by atoms with Crippen molar-refractivity contribution in [3.63, 3.8) is 0 Å². The Balaban J connectivity index is 2.55. The summed E-state index contributed by atoms with van der Waals surface area (Å²) in [7, 11) is -3.42. The zero-order valence-electron chi connectivity index (χ0n) is 10.1. The molecule has 5 nitrogen and oxygen atoms in total. The SMILES string of the molecule is CC(C)(O)CNS(=O)(=O)N1CCCCCC1. The Hall–Kier alpha value is -0.170. The van der Waals surface area contributed by atoms with E-state index in [1.54, 1.807) is 13.8 Å². The molecule has 0 bridgehead atoms. The maximum absolute atomic E-state index is 11.9. The molecule has 1 aliphatic heterocycles. The van der Waals surface area contributed by atoms with Crippen LogP contribution in [0.2, 0.25) is 0 Å². The van der Waals surface area contributed by atoms with Crippen LogP contribution in [0.5, 0.6) is 0 Å². The molecule has 0 spiro atoms. The van der Waals surface area contributed by atoms with Crippen LogP contribution in [0.3, 0.4) is 0 Å². The van der Waals surface area contributed by atoms with E-state index in [-0.39, 0.29) is 6.54 Å². The Labute approximate surface area is 98.0 Å². The quantitative estimate of drug-likeness (QED) is 0.762. The normalized spacial score (nSPS) is 20.7. The third kappa shape index (κ3) is 4.78. The summed E-state index contributed by atoms with van der Waals surface area (Å²) in [5, 5.41) is 9.49. The molecule has 6 heteroatoms. The van der Waals surface area contributed by atoms with E-state index in [4.69, 9.17) is 0 Å². The average Bonchev–Trinajstić information content (AvgIpc) is 2.42. The first-order chi connectivity index (χ1) is 7.31. The van der Waals surface area contributed by atoms with E-state index in [0.717, 1.165) is 25.7 Å². The average molecular weight is 250 g/mol. The maximum Gasteiger partial charge on any atom is 0.279 e. The zero-order chi connectivity index (χ0) is 12.2. The van der Waals surface area contributed by atoms with Gasteiger partial charge in [-0.1, -0.05) is 12.8 Å². The third-order valence-electron chi connectivity index (χ3n) is 2.59. The van der Waals surface area contributed by atoms with E-state index in [0.29, 0.717) is 13.1 Å². The standard InChI is InChI=1S/C10H22N2O3S/c1-10(2,13)9-11-16(14,15)12-7-5-3-4-6-8-12/h11,13H,3-9H2,1-2H3. The van der Waals surface area contributed by atoms with Gasteiger partial charge in [0.05, 0.1) is 5.60 Å². The molecule has 1 rings (SSSR count). The zero-order valence-corrected chi connectivity index (χ0v) is 10.9. The molecular weight excluding hydrogens is 228 g/mol. The van der Waals surface area contributed by atoms with Crippen LogP contribution in [-0.2, 0) is 10.2 Å². The number of hydrogen-bond donors (Lipinski definition) is 2. The predicted molar refractivity (Wildman–Crippen MR) is 63.3 cm³/mol. The van der Waals surface area contributed by atoms with E-state index in [9.17, 15) is 13.5 Å². The molecule has 0 aromatic carbocycles. The van der Waals surface area contributed by atoms with E-state index in [1.807, 2.05) is 0 Å². The van der Waals surface area contributed by atoms with Crippen molar-refractivity contribution in [3.05, 3.63) is 0 Å². The number of rotatable bonds is 4. The fourth-order valence-electron chi connectivity index (χ4n) is 1.64. The molecule has 0 aromatic rings. The molecular formula is C10H22N2O3S. The smallest absolute Gasteiger partial charge is 0.279 e. The second kappa shape index (κ2) is 5.44. The third-order valence-corrected chi connectivity index (χ3v) is 4.15. The van der Waals surface area contributed by atoms with Gasteiger partial charge in [0.2, 0.25) is 0 Å². The van der Waals surface area contributed by atoms with E-state index >= 15 is 0 Å². The van der Waals surface area contributed by atoms with Crippen LogP contribution in [-0.4, -0.2) is 43.1 Å². The maximum atomic E-state index is 11.9. The fourth-order valence-corrected chi connectivity index (χ4v) is 3.10. The summed E-state index contributed by atoms with van der Waals surface area (Å²) in [5.74, 6) is 0. The van der Waals surface area contributed by atoms with Crippen LogP contribution >= 0.6 is 0 Å². The molecule has 0 radical (unpaired) electrons. The van der Waals surface area contributed by atoms with Gasteiger partial charge in [0.25, 0.3) is 10.2 Å². The molecule has 1 heterocycles. The second-order valence-corrected chi connectivity index (χ2v) is 6.71. The van der Waals surface area contributed by atoms with Gasteiger partial charge >= 0.3 is 0 Å². The molecule has 16 heavy (non-hydrogen) atoms. The van der Waals surface area contributed by atoms with Gasteiger partial charge in [-0.2, -0.15) is 17.4 Å². The van der Waals surface area contributed by atoms with Gasteiger partial charge in [0.15, 0.2) is 0 Å². The van der Waals surface area contributed by atoms with Crippen LogP contribution < -0.4 is 4.72 Å². The monoisotopic (exact) mass is 250 g/mol. The van der Waals surface area contributed by atoms with E-state index in [1.165, 1.54) is 4.31 Å². The van der Waals surface area contributed by atoms with Crippen LogP contribution in [0.4, 0.5) is 0 Å². The lowest BCUT2D eigenvalue weighted by molar-refractivity contribution is 0.0852. The van der Waals surface area contributed by atoms with Crippen LogP contribution in [0, 0.1) is 0 Å². The molecule has 0 unspecified atom stereocenters. The Bertz CT molecular complexity index is 301. The van der Waals surface area contributed by atoms with Crippen LogP contribution in [0.15, 0.2) is 0 Å². The number of hydrogen-bond acceptors (Lipinski definition) is 3. The molecule has 0 saturated carbocycles. The predicted octanol–water partition coefficient (Wildman–Crippen LogP) is 0.468. The molecule has 1 aliphatic rings. The summed E-state index contributed by atoms with van der Waals surface area (Å²) in [5.41, 5.74) is -1.01. The van der Waals surface area contributed by atoms with Gasteiger partial charge in [0, 0.05) is 19.6 Å². The lowest BCUT2D eigenvalue weighted by Gasteiger charge is -2.23.